The summed E-state index contributed by atoms with van der Waals surface area (Å²) in [6, 6.07) is 4.43. The number of rotatable bonds is 6. The van der Waals surface area contributed by atoms with Crippen molar-refractivity contribution in [2.45, 2.75) is 72.2 Å². The van der Waals surface area contributed by atoms with E-state index in [1.165, 1.54) is 0 Å². The summed E-state index contributed by atoms with van der Waals surface area (Å²) in [6.45, 7) is 0. The maximum Gasteiger partial charge on any atom is 0.435 e. The quantitative estimate of drug-likeness (QED) is 0.325. The van der Waals surface area contributed by atoms with Gasteiger partial charge in [-0.1, -0.05) is 18.2 Å². The lowest BCUT2D eigenvalue weighted by Gasteiger charge is -2.43. The molecule has 242 valence electrons. The van der Waals surface area contributed by atoms with Crippen molar-refractivity contribution < 1.29 is 56.8 Å². The molecule has 0 aromatic heterocycles. The molecule has 2 aromatic carbocycles. The molecule has 2 aromatic rings. The van der Waals surface area contributed by atoms with Gasteiger partial charge >= 0.3 is 18.0 Å². The summed E-state index contributed by atoms with van der Waals surface area (Å²) in [7, 11) is -7.81. The number of aryl methyl sites for hydroxylation is 1. The maximum atomic E-state index is 14.9. The minimum Gasteiger partial charge on any atom is -0.353 e. The first kappa shape index (κ1) is 32.6. The Morgan fingerprint density at radius 2 is 1.57 bits per heavy atom. The van der Waals surface area contributed by atoms with Crippen molar-refractivity contribution in [3.05, 3.63) is 65.0 Å². The predicted molar refractivity (Wildman–Crippen MR) is 141 cm³/mol. The predicted octanol–water partition coefficient (Wildman–Crippen LogP) is 5.45. The summed E-state index contributed by atoms with van der Waals surface area (Å²) >= 11 is 0. The number of carbonyl (C=O) groups is 1. The van der Waals surface area contributed by atoms with Crippen molar-refractivity contribution >= 4 is 25.6 Å². The van der Waals surface area contributed by atoms with Gasteiger partial charge in [-0.05, 0) is 73.4 Å². The van der Waals surface area contributed by atoms with E-state index >= 15 is 0 Å². The Balaban J connectivity index is 1.58. The van der Waals surface area contributed by atoms with Gasteiger partial charge in [-0.3, -0.25) is 4.79 Å². The fourth-order valence-corrected chi connectivity index (χ4v) is 11.4. The van der Waals surface area contributed by atoms with Crippen molar-refractivity contribution in [1.29, 1.82) is 0 Å². The molecule has 1 N–H and O–H groups in total. The molecule has 1 aliphatic heterocycles. The Bertz CT molecular complexity index is 1660. The number of benzene rings is 2. The Labute approximate surface area is 248 Å². The lowest BCUT2D eigenvalue weighted by Crippen LogP contribution is -2.51. The average Bonchev–Trinajstić information content (AvgIpc) is 3.46. The number of halogens is 8. The summed E-state index contributed by atoms with van der Waals surface area (Å²) in [5, 5.41) is 2.78. The fourth-order valence-electron chi connectivity index (χ4n) is 7.11. The minimum absolute atomic E-state index is 0.0547. The van der Waals surface area contributed by atoms with Crippen molar-refractivity contribution in [2.24, 2.45) is 11.8 Å². The third-order valence-electron chi connectivity index (χ3n) is 9.13. The third-order valence-corrected chi connectivity index (χ3v) is 13.5. The van der Waals surface area contributed by atoms with Crippen LogP contribution in [0.3, 0.4) is 0 Å². The summed E-state index contributed by atoms with van der Waals surface area (Å²) in [4.78, 5) is 12.6. The summed E-state index contributed by atoms with van der Waals surface area (Å²) in [5.74, 6) is -2.84. The summed E-state index contributed by atoms with van der Waals surface area (Å²) < 4.78 is 160. The van der Waals surface area contributed by atoms with Crippen LogP contribution in [-0.2, 0) is 41.3 Å². The zero-order valence-corrected chi connectivity index (χ0v) is 24.4. The van der Waals surface area contributed by atoms with Gasteiger partial charge in [0.1, 0.15) is 10.6 Å². The molecule has 3 aliphatic rings. The molecule has 1 heterocycles. The summed E-state index contributed by atoms with van der Waals surface area (Å²) in [5.41, 5.74) is -7.79. The van der Waals surface area contributed by atoms with Gasteiger partial charge in [-0.25, -0.2) is 25.6 Å². The molecule has 2 aliphatic carbocycles. The number of amides is 1. The smallest absolute Gasteiger partial charge is 0.353 e. The second-order valence-electron chi connectivity index (χ2n) is 11.7. The topological polar surface area (TPSA) is 97.4 Å². The molecule has 44 heavy (non-hydrogen) atoms. The summed E-state index contributed by atoms with van der Waals surface area (Å²) in [6.07, 6.45) is -13.0. The molecular formula is C28H27F8NO5S2. The van der Waals surface area contributed by atoms with Crippen LogP contribution in [0.1, 0.15) is 48.8 Å². The van der Waals surface area contributed by atoms with Crippen LogP contribution in [-0.4, -0.2) is 52.6 Å². The number of nitrogens with one attached hydrogen (secondary N) is 1. The number of sulfone groups is 2. The number of hydrogen-bond acceptors (Lipinski definition) is 5. The minimum atomic E-state index is -6.37. The highest BCUT2D eigenvalue weighted by Crippen LogP contribution is 2.59. The van der Waals surface area contributed by atoms with E-state index in [2.05, 4.69) is 5.32 Å². The van der Waals surface area contributed by atoms with Crippen LogP contribution in [0.15, 0.2) is 47.4 Å². The average molecular weight is 674 g/mol. The molecule has 1 unspecified atom stereocenters. The van der Waals surface area contributed by atoms with E-state index in [0.29, 0.717) is 6.07 Å². The first-order valence-corrected chi connectivity index (χ1v) is 17.0. The molecule has 0 spiro atoms. The zero-order chi connectivity index (χ0) is 32.5. The number of carbonyl (C=O) groups excluding carboxylic acids is 1. The van der Waals surface area contributed by atoms with Crippen LogP contribution in [0.2, 0.25) is 0 Å². The Morgan fingerprint density at radius 3 is 2.14 bits per heavy atom. The van der Waals surface area contributed by atoms with Gasteiger partial charge in [-0.2, -0.15) is 26.3 Å². The molecule has 0 radical (unpaired) electrons. The van der Waals surface area contributed by atoms with E-state index in [9.17, 15) is 56.8 Å². The van der Waals surface area contributed by atoms with E-state index in [1.54, 1.807) is 0 Å². The number of alkyl halides is 7. The molecule has 1 saturated carbocycles. The van der Waals surface area contributed by atoms with Crippen molar-refractivity contribution in [2.75, 3.05) is 11.5 Å². The van der Waals surface area contributed by atoms with Gasteiger partial charge in [0.2, 0.25) is 5.91 Å². The number of fused-ring (bicyclic) bond motifs is 3. The SMILES string of the molecule is O=C(CC1CCS(=O)(=O)C1)N[C@@H]1CC[C@@]2(S(=O)(=O)c3ccc(F)cc3)c3ccc(C(F)(C(F)(F)F)C(F)(F)F)cc3CC[C@@H]12. The molecular weight excluding hydrogens is 646 g/mol. The molecule has 1 saturated heterocycles. The highest BCUT2D eigenvalue weighted by molar-refractivity contribution is 7.92. The monoisotopic (exact) mass is 673 g/mol. The molecule has 4 atom stereocenters. The lowest BCUT2D eigenvalue weighted by molar-refractivity contribution is -0.348. The van der Waals surface area contributed by atoms with Gasteiger partial charge in [0.05, 0.1) is 16.4 Å². The molecule has 16 heteroatoms. The molecule has 6 nitrogen and oxygen atoms in total. The third kappa shape index (κ3) is 5.18. The van der Waals surface area contributed by atoms with Crippen molar-refractivity contribution in [1.82, 2.24) is 5.32 Å². The highest BCUT2D eigenvalue weighted by atomic mass is 32.2. The second-order valence-corrected chi connectivity index (χ2v) is 16.1. The van der Waals surface area contributed by atoms with E-state index in [0.717, 1.165) is 30.3 Å². The zero-order valence-electron chi connectivity index (χ0n) is 22.8. The van der Waals surface area contributed by atoms with E-state index in [1.807, 2.05) is 0 Å². The number of hydrogen-bond donors (Lipinski definition) is 1. The van der Waals surface area contributed by atoms with E-state index < -0.39 is 77.6 Å². The van der Waals surface area contributed by atoms with Crippen LogP contribution >= 0.6 is 0 Å². The van der Waals surface area contributed by atoms with Gasteiger partial charge < -0.3 is 5.32 Å². The molecule has 0 bridgehead atoms. The normalized spacial score (nSPS) is 27.0. The largest absolute Gasteiger partial charge is 0.435 e. The highest BCUT2D eigenvalue weighted by Gasteiger charge is 2.73. The van der Waals surface area contributed by atoms with E-state index in [4.69, 9.17) is 0 Å². The van der Waals surface area contributed by atoms with Crippen LogP contribution in [0.25, 0.3) is 0 Å². The molecule has 2 fully saturated rings. The molecule has 1 amide bonds. The van der Waals surface area contributed by atoms with Crippen LogP contribution in [0, 0.1) is 17.7 Å². The van der Waals surface area contributed by atoms with Crippen LogP contribution < -0.4 is 5.32 Å². The van der Waals surface area contributed by atoms with Crippen molar-refractivity contribution in [3.8, 4) is 0 Å². The van der Waals surface area contributed by atoms with Gasteiger partial charge in [0, 0.05) is 23.9 Å². The fraction of sp³-hybridized carbons (Fsp3) is 0.536. The first-order chi connectivity index (χ1) is 20.2. The van der Waals surface area contributed by atoms with Gasteiger partial charge in [0.25, 0.3) is 0 Å². The van der Waals surface area contributed by atoms with Crippen LogP contribution in [0.5, 0.6) is 0 Å². The Hall–Kier alpha value is -2.75. The standard InChI is InChI=1S/C28H27F8NO5S2/c29-19-3-5-20(6-4-19)44(41,42)25-11-9-23(37-24(38)13-16-10-12-43(39,40)15-16)22(25)7-1-17-14-18(2-8-21(17)25)26(30,27(31,32)33)28(34,35)36/h2-6,8,14,16,22-23H,1,7,9-13,15H2,(H,37,38)/t16?,22-,23+,25+/m0/s1. The van der Waals surface area contributed by atoms with Gasteiger partial charge in [0.15, 0.2) is 19.7 Å². The van der Waals surface area contributed by atoms with Gasteiger partial charge in [-0.15, -0.1) is 0 Å². The van der Waals surface area contributed by atoms with E-state index in [-0.39, 0.29) is 72.1 Å². The first-order valence-electron chi connectivity index (χ1n) is 13.7. The van der Waals surface area contributed by atoms with Crippen LogP contribution in [0.4, 0.5) is 35.1 Å². The Morgan fingerprint density at radius 1 is 0.932 bits per heavy atom. The Kier molecular flexibility index (Phi) is 7.91. The maximum absolute atomic E-state index is 14.9. The van der Waals surface area contributed by atoms with Crippen molar-refractivity contribution in [3.63, 3.8) is 0 Å². The second kappa shape index (κ2) is 10.7. The molecule has 5 rings (SSSR count). The lowest BCUT2D eigenvalue weighted by atomic mass is 9.74.